The zero-order valence-electron chi connectivity index (χ0n) is 13.7. The second-order valence-corrected chi connectivity index (χ2v) is 5.74. The Morgan fingerprint density at radius 1 is 1.33 bits per heavy atom. The molecule has 0 aromatic carbocycles. The van der Waals surface area contributed by atoms with E-state index >= 15 is 0 Å². The number of aromatic nitrogens is 4. The lowest BCUT2D eigenvalue weighted by Crippen LogP contribution is -2.33. The molecule has 1 amide bonds. The summed E-state index contributed by atoms with van der Waals surface area (Å²) in [5.41, 5.74) is 1.67. The summed E-state index contributed by atoms with van der Waals surface area (Å²) in [5.74, 6) is 0.508. The number of carbonyl (C=O) groups is 1. The molecule has 0 aliphatic rings. The summed E-state index contributed by atoms with van der Waals surface area (Å²) in [6.45, 7) is 2.82. The maximum absolute atomic E-state index is 12.5. The van der Waals surface area contributed by atoms with Crippen LogP contribution in [0.5, 0.6) is 0 Å². The van der Waals surface area contributed by atoms with Gasteiger partial charge in [0.15, 0.2) is 5.76 Å². The SMILES string of the molecule is C[C@@H](Cn1cccn1)C(=O)N(C)Cc1cc(-c2ccncc2)no1. The Kier molecular flexibility index (Phi) is 4.69. The summed E-state index contributed by atoms with van der Waals surface area (Å²) < 4.78 is 7.10. The van der Waals surface area contributed by atoms with Crippen LogP contribution in [0.2, 0.25) is 0 Å². The first-order valence-electron chi connectivity index (χ1n) is 7.72. The van der Waals surface area contributed by atoms with Crippen molar-refractivity contribution in [1.82, 2.24) is 24.8 Å². The summed E-state index contributed by atoms with van der Waals surface area (Å²) in [5, 5.41) is 8.18. The van der Waals surface area contributed by atoms with Crippen LogP contribution in [0.25, 0.3) is 11.3 Å². The molecule has 7 nitrogen and oxygen atoms in total. The molecule has 0 bridgehead atoms. The van der Waals surface area contributed by atoms with Crippen molar-refractivity contribution in [3.63, 3.8) is 0 Å². The summed E-state index contributed by atoms with van der Waals surface area (Å²) >= 11 is 0. The second kappa shape index (κ2) is 7.08. The van der Waals surface area contributed by atoms with Crippen molar-refractivity contribution in [3.8, 4) is 11.3 Å². The van der Waals surface area contributed by atoms with Crippen LogP contribution < -0.4 is 0 Å². The van der Waals surface area contributed by atoms with E-state index in [-0.39, 0.29) is 11.8 Å². The van der Waals surface area contributed by atoms with Crippen LogP contribution in [0.4, 0.5) is 0 Å². The van der Waals surface area contributed by atoms with Gasteiger partial charge in [0.25, 0.3) is 0 Å². The molecule has 3 aromatic rings. The first-order valence-corrected chi connectivity index (χ1v) is 7.72. The molecule has 0 spiro atoms. The Labute approximate surface area is 139 Å². The molecule has 1 atom stereocenters. The zero-order chi connectivity index (χ0) is 16.9. The van der Waals surface area contributed by atoms with Gasteiger partial charge in [-0.3, -0.25) is 14.5 Å². The van der Waals surface area contributed by atoms with Crippen LogP contribution in [0.1, 0.15) is 12.7 Å². The third-order valence-corrected chi connectivity index (χ3v) is 3.75. The molecule has 0 N–H and O–H groups in total. The quantitative estimate of drug-likeness (QED) is 0.694. The Hall–Kier alpha value is -2.96. The van der Waals surface area contributed by atoms with Gasteiger partial charge in [0.1, 0.15) is 5.69 Å². The highest BCUT2D eigenvalue weighted by Gasteiger charge is 2.20. The number of rotatable bonds is 6. The average molecular weight is 325 g/mol. The van der Waals surface area contributed by atoms with Gasteiger partial charge >= 0.3 is 0 Å². The van der Waals surface area contributed by atoms with Crippen LogP contribution in [0, 0.1) is 5.92 Å². The maximum Gasteiger partial charge on any atom is 0.227 e. The van der Waals surface area contributed by atoms with Crippen molar-refractivity contribution in [2.24, 2.45) is 5.92 Å². The molecule has 0 unspecified atom stereocenters. The van der Waals surface area contributed by atoms with Gasteiger partial charge in [-0.25, -0.2) is 0 Å². The van der Waals surface area contributed by atoms with Crippen molar-refractivity contribution in [2.45, 2.75) is 20.0 Å². The van der Waals surface area contributed by atoms with Gasteiger partial charge in [-0.2, -0.15) is 5.10 Å². The summed E-state index contributed by atoms with van der Waals surface area (Å²) in [6, 6.07) is 7.42. The molecule has 0 radical (unpaired) electrons. The number of nitrogens with zero attached hydrogens (tertiary/aromatic N) is 5. The Morgan fingerprint density at radius 3 is 2.83 bits per heavy atom. The fourth-order valence-corrected chi connectivity index (χ4v) is 2.50. The predicted octanol–water partition coefficient (Wildman–Crippen LogP) is 2.23. The Balaban J connectivity index is 1.61. The van der Waals surface area contributed by atoms with E-state index < -0.39 is 0 Å². The lowest BCUT2D eigenvalue weighted by Gasteiger charge is -2.20. The molecule has 0 aliphatic carbocycles. The average Bonchev–Trinajstić information content (AvgIpc) is 3.27. The molecule has 0 saturated carbocycles. The normalized spacial score (nSPS) is 12.1. The molecule has 0 saturated heterocycles. The molecule has 3 aromatic heterocycles. The first-order chi connectivity index (χ1) is 11.6. The van der Waals surface area contributed by atoms with E-state index in [0.29, 0.717) is 18.8 Å². The highest BCUT2D eigenvalue weighted by molar-refractivity contribution is 5.78. The number of hydrogen-bond donors (Lipinski definition) is 0. The van der Waals surface area contributed by atoms with Gasteiger partial charge < -0.3 is 9.42 Å². The minimum absolute atomic E-state index is 0.0346. The van der Waals surface area contributed by atoms with Gasteiger partial charge in [-0.1, -0.05) is 12.1 Å². The highest BCUT2D eigenvalue weighted by Crippen LogP contribution is 2.19. The van der Waals surface area contributed by atoms with Crippen molar-refractivity contribution in [3.05, 3.63) is 54.8 Å². The Morgan fingerprint density at radius 2 is 2.12 bits per heavy atom. The summed E-state index contributed by atoms with van der Waals surface area (Å²) in [6.07, 6.45) is 6.96. The second-order valence-electron chi connectivity index (χ2n) is 5.74. The van der Waals surface area contributed by atoms with Crippen LogP contribution >= 0.6 is 0 Å². The van der Waals surface area contributed by atoms with Gasteiger partial charge in [-0.15, -0.1) is 0 Å². The van der Waals surface area contributed by atoms with Gasteiger partial charge in [-0.05, 0) is 18.2 Å². The van der Waals surface area contributed by atoms with E-state index in [0.717, 1.165) is 11.3 Å². The summed E-state index contributed by atoms with van der Waals surface area (Å²) in [7, 11) is 1.76. The molecular formula is C17H19N5O2. The molecule has 3 heterocycles. The fraction of sp³-hybridized carbons (Fsp3) is 0.294. The van der Waals surface area contributed by atoms with Gasteiger partial charge in [0.05, 0.1) is 19.0 Å². The molecular weight excluding hydrogens is 306 g/mol. The monoisotopic (exact) mass is 325 g/mol. The minimum Gasteiger partial charge on any atom is -0.359 e. The molecule has 7 heteroatoms. The predicted molar refractivity (Wildman–Crippen MR) is 87.6 cm³/mol. The van der Waals surface area contributed by atoms with Gasteiger partial charge in [0, 0.05) is 43.5 Å². The largest absolute Gasteiger partial charge is 0.359 e. The molecule has 24 heavy (non-hydrogen) atoms. The van der Waals surface area contributed by atoms with E-state index in [1.54, 1.807) is 35.2 Å². The molecule has 0 fully saturated rings. The van der Waals surface area contributed by atoms with Crippen molar-refractivity contribution in [2.75, 3.05) is 7.05 Å². The third kappa shape index (κ3) is 3.68. The number of hydrogen-bond acceptors (Lipinski definition) is 5. The van der Waals surface area contributed by atoms with Crippen LogP contribution in [-0.2, 0) is 17.9 Å². The number of pyridine rings is 1. The third-order valence-electron chi connectivity index (χ3n) is 3.75. The van der Waals surface area contributed by atoms with Crippen molar-refractivity contribution < 1.29 is 9.32 Å². The highest BCUT2D eigenvalue weighted by atomic mass is 16.5. The Bertz CT molecular complexity index is 782. The topological polar surface area (TPSA) is 77.1 Å². The maximum atomic E-state index is 12.5. The zero-order valence-corrected chi connectivity index (χ0v) is 13.7. The van der Waals surface area contributed by atoms with E-state index in [2.05, 4.69) is 15.2 Å². The fourth-order valence-electron chi connectivity index (χ4n) is 2.50. The van der Waals surface area contributed by atoms with Crippen LogP contribution in [0.3, 0.4) is 0 Å². The van der Waals surface area contributed by atoms with E-state index in [4.69, 9.17) is 4.52 Å². The van der Waals surface area contributed by atoms with E-state index in [9.17, 15) is 4.79 Å². The van der Waals surface area contributed by atoms with Crippen LogP contribution in [0.15, 0.2) is 53.6 Å². The number of amides is 1. The smallest absolute Gasteiger partial charge is 0.227 e. The van der Waals surface area contributed by atoms with E-state index in [1.807, 2.05) is 37.4 Å². The minimum atomic E-state index is -0.169. The lowest BCUT2D eigenvalue weighted by molar-refractivity contribution is -0.134. The van der Waals surface area contributed by atoms with Gasteiger partial charge in [0.2, 0.25) is 5.91 Å². The summed E-state index contributed by atoms with van der Waals surface area (Å²) in [4.78, 5) is 18.1. The molecule has 0 aliphatic heterocycles. The standard InChI is InChI=1S/C17H19N5O2/c1-13(11-22-9-3-6-19-22)17(23)21(2)12-15-10-16(20-24-15)14-4-7-18-8-5-14/h3-10,13H,11-12H2,1-2H3/t13-/m0/s1. The van der Waals surface area contributed by atoms with Crippen molar-refractivity contribution in [1.29, 1.82) is 0 Å². The lowest BCUT2D eigenvalue weighted by atomic mass is 10.1. The first kappa shape index (κ1) is 15.9. The molecule has 124 valence electrons. The van der Waals surface area contributed by atoms with E-state index in [1.165, 1.54) is 0 Å². The van der Waals surface area contributed by atoms with Crippen LogP contribution in [-0.4, -0.2) is 37.8 Å². The molecule has 3 rings (SSSR count). The number of carbonyl (C=O) groups excluding carboxylic acids is 1. The van der Waals surface area contributed by atoms with Crippen molar-refractivity contribution >= 4 is 5.91 Å².